The fraction of sp³-hybridized carbons (Fsp3) is 0.576. The first kappa shape index (κ1) is 32.9. The Morgan fingerprint density at radius 2 is 1.44 bits per heavy atom. The Balaban J connectivity index is 1.50. The third kappa shape index (κ3) is 9.20. The monoisotopic (exact) mass is 594 g/mol. The van der Waals surface area contributed by atoms with Gasteiger partial charge in [0.25, 0.3) is 11.8 Å². The van der Waals surface area contributed by atoms with Gasteiger partial charge in [-0.3, -0.25) is 24.1 Å². The summed E-state index contributed by atoms with van der Waals surface area (Å²) in [7, 11) is -2.63. The molecule has 0 aromatic heterocycles. The number of ketones is 2. The van der Waals surface area contributed by atoms with Gasteiger partial charge in [0.15, 0.2) is 0 Å². The van der Waals surface area contributed by atoms with Crippen LogP contribution in [0.25, 0.3) is 10.8 Å². The van der Waals surface area contributed by atoms with E-state index in [9.17, 15) is 19.2 Å². The molecule has 0 aliphatic carbocycles. The van der Waals surface area contributed by atoms with Crippen molar-refractivity contribution in [3.63, 3.8) is 0 Å². The molecule has 8 heteroatoms. The molecule has 41 heavy (non-hydrogen) atoms. The van der Waals surface area contributed by atoms with Crippen LogP contribution in [0.2, 0.25) is 50.4 Å². The molecule has 3 rings (SSSR count). The quantitative estimate of drug-likeness (QED) is 0.0814. The van der Waals surface area contributed by atoms with Crippen LogP contribution in [-0.2, 0) is 9.59 Å². The van der Waals surface area contributed by atoms with Gasteiger partial charge in [-0.2, -0.15) is 0 Å². The number of anilines is 1. The number of rotatable bonds is 18. The average Bonchev–Trinajstić information content (AvgIpc) is 2.91. The Kier molecular flexibility index (Phi) is 11.7. The van der Waals surface area contributed by atoms with Gasteiger partial charge in [0.2, 0.25) is 0 Å². The molecule has 0 saturated carbocycles. The maximum absolute atomic E-state index is 13.1. The number of hydrogen-bond donors (Lipinski definition) is 1. The lowest BCUT2D eigenvalue weighted by Crippen LogP contribution is -2.40. The van der Waals surface area contributed by atoms with Crippen molar-refractivity contribution < 1.29 is 19.2 Å². The lowest BCUT2D eigenvalue weighted by atomic mass is 9.93. The summed E-state index contributed by atoms with van der Waals surface area (Å²) in [4.78, 5) is 50.6. The van der Waals surface area contributed by atoms with Crippen LogP contribution in [0.1, 0.15) is 79.5 Å². The fourth-order valence-electron chi connectivity index (χ4n) is 5.83. The van der Waals surface area contributed by atoms with E-state index in [1.807, 2.05) is 30.3 Å². The van der Waals surface area contributed by atoms with Crippen molar-refractivity contribution in [1.82, 2.24) is 4.90 Å². The first-order valence-corrected chi connectivity index (χ1v) is 22.3. The van der Waals surface area contributed by atoms with Crippen LogP contribution in [0.3, 0.4) is 0 Å². The number of Topliss-reactive ketones (excluding diaryl/α,β-unsaturated/α-hetero) is 2. The topological polar surface area (TPSA) is 83.6 Å². The van der Waals surface area contributed by atoms with Crippen LogP contribution in [-0.4, -0.2) is 57.5 Å². The standard InChI is InChI=1S/C33H50N2O4Si2/c1-7-8-19-35-32(38)28-15-11-14-27-30(17-16-29(31(27)28)33(35)39)34-18-12-21-41(5,6)23-22-40(3,4)20-10-9-13-26(37)24-25(2)36/h11,14-17,34H,7-10,12-13,18-24H2,1-6H3. The number of carbonyl (C=O) groups is 4. The Morgan fingerprint density at radius 3 is 2.07 bits per heavy atom. The molecule has 0 saturated heterocycles. The molecule has 1 aliphatic rings. The molecule has 2 aromatic rings. The van der Waals surface area contributed by atoms with E-state index in [-0.39, 0.29) is 29.8 Å². The van der Waals surface area contributed by atoms with E-state index >= 15 is 0 Å². The van der Waals surface area contributed by atoms with Crippen LogP contribution in [0.4, 0.5) is 5.69 Å². The zero-order valence-electron chi connectivity index (χ0n) is 26.2. The number of carbonyl (C=O) groups excluding carboxylic acids is 4. The lowest BCUT2D eigenvalue weighted by molar-refractivity contribution is -0.125. The van der Waals surface area contributed by atoms with Gasteiger partial charge < -0.3 is 5.32 Å². The molecule has 0 bridgehead atoms. The summed E-state index contributed by atoms with van der Waals surface area (Å²) >= 11 is 0. The number of nitrogens with zero attached hydrogens (tertiary/aromatic N) is 1. The number of unbranched alkanes of at least 4 members (excludes halogenated alkanes) is 2. The van der Waals surface area contributed by atoms with E-state index in [0.29, 0.717) is 24.1 Å². The molecule has 1 N–H and O–H groups in total. The van der Waals surface area contributed by atoms with E-state index in [4.69, 9.17) is 0 Å². The highest BCUT2D eigenvalue weighted by Crippen LogP contribution is 2.35. The summed E-state index contributed by atoms with van der Waals surface area (Å²) in [5, 5.41) is 5.34. The minimum Gasteiger partial charge on any atom is -0.385 e. The second-order valence-corrected chi connectivity index (χ2v) is 24.1. The van der Waals surface area contributed by atoms with Crippen LogP contribution < -0.4 is 5.32 Å². The zero-order valence-corrected chi connectivity index (χ0v) is 28.2. The normalized spacial score (nSPS) is 13.7. The molecule has 2 aromatic carbocycles. The van der Waals surface area contributed by atoms with Crippen molar-refractivity contribution in [3.8, 4) is 0 Å². The summed E-state index contributed by atoms with van der Waals surface area (Å²) < 4.78 is 0. The van der Waals surface area contributed by atoms with E-state index in [1.165, 1.54) is 36.0 Å². The molecule has 0 fully saturated rings. The lowest BCUT2D eigenvalue weighted by Gasteiger charge is -2.29. The van der Waals surface area contributed by atoms with Crippen LogP contribution >= 0.6 is 0 Å². The minimum absolute atomic E-state index is 0.0327. The zero-order chi connectivity index (χ0) is 30.2. The van der Waals surface area contributed by atoms with Crippen LogP contribution in [0.15, 0.2) is 30.3 Å². The predicted octanol–water partition coefficient (Wildman–Crippen LogP) is 8.17. The van der Waals surface area contributed by atoms with Crippen molar-refractivity contribution in [1.29, 1.82) is 0 Å². The number of nitrogens with one attached hydrogen (secondary N) is 1. The molecule has 0 atom stereocenters. The average molecular weight is 595 g/mol. The maximum atomic E-state index is 13.1. The second kappa shape index (κ2) is 14.5. The molecule has 6 nitrogen and oxygen atoms in total. The van der Waals surface area contributed by atoms with Gasteiger partial charge in [-0.1, -0.05) is 82.3 Å². The molecular weight excluding hydrogens is 545 g/mol. The smallest absolute Gasteiger partial charge is 0.261 e. The highest BCUT2D eigenvalue weighted by Gasteiger charge is 2.33. The largest absolute Gasteiger partial charge is 0.385 e. The SMILES string of the molecule is CCCCN1C(=O)c2cccc3c(NCCC[Si](C)(C)CC[Si](C)(C)CCCCC(=O)CC(C)=O)ccc(c23)C1=O. The minimum atomic E-state index is -1.33. The predicted molar refractivity (Wildman–Crippen MR) is 176 cm³/mol. The van der Waals surface area contributed by atoms with Gasteiger partial charge in [-0.15, -0.1) is 0 Å². The Hall–Kier alpha value is -2.59. The molecule has 1 heterocycles. The number of benzene rings is 2. The highest BCUT2D eigenvalue weighted by molar-refractivity contribution is 6.82. The van der Waals surface area contributed by atoms with Gasteiger partial charge in [0.05, 0.1) is 6.42 Å². The Labute approximate surface area is 248 Å². The fourth-order valence-corrected chi connectivity index (χ4v) is 14.1. The highest BCUT2D eigenvalue weighted by atomic mass is 28.3. The van der Waals surface area contributed by atoms with E-state index in [2.05, 4.69) is 38.4 Å². The van der Waals surface area contributed by atoms with Crippen molar-refractivity contribution in [2.45, 2.75) is 109 Å². The maximum Gasteiger partial charge on any atom is 0.261 e. The van der Waals surface area contributed by atoms with Crippen molar-refractivity contribution in [2.24, 2.45) is 0 Å². The first-order chi connectivity index (χ1) is 19.3. The summed E-state index contributed by atoms with van der Waals surface area (Å²) in [6, 6.07) is 14.8. The molecule has 0 spiro atoms. The van der Waals surface area contributed by atoms with Crippen LogP contribution in [0, 0.1) is 0 Å². The first-order valence-electron chi connectivity index (χ1n) is 15.5. The molecule has 0 radical (unpaired) electrons. The number of imide groups is 1. The Bertz CT molecular complexity index is 1250. The molecule has 0 unspecified atom stereocenters. The molecule has 2 amide bonds. The number of amides is 2. The van der Waals surface area contributed by atoms with Crippen molar-refractivity contribution in [3.05, 3.63) is 41.5 Å². The van der Waals surface area contributed by atoms with Gasteiger partial charge in [0, 0.05) is 63.2 Å². The van der Waals surface area contributed by atoms with E-state index < -0.39 is 16.1 Å². The molecule has 1 aliphatic heterocycles. The van der Waals surface area contributed by atoms with E-state index in [0.717, 1.165) is 55.1 Å². The van der Waals surface area contributed by atoms with Gasteiger partial charge >= 0.3 is 0 Å². The summed E-state index contributed by atoms with van der Waals surface area (Å²) in [5.74, 6) is -0.309. The van der Waals surface area contributed by atoms with Crippen molar-refractivity contribution >= 4 is 56.0 Å². The Morgan fingerprint density at radius 1 is 0.805 bits per heavy atom. The summed E-state index contributed by atoms with van der Waals surface area (Å²) in [6.45, 7) is 14.8. The third-order valence-corrected chi connectivity index (χ3v) is 15.7. The molecule has 224 valence electrons. The third-order valence-electron chi connectivity index (χ3n) is 8.56. The van der Waals surface area contributed by atoms with Crippen LogP contribution in [0.5, 0.6) is 0 Å². The summed E-state index contributed by atoms with van der Waals surface area (Å²) in [5.41, 5.74) is 2.24. The van der Waals surface area contributed by atoms with Gasteiger partial charge in [-0.25, -0.2) is 0 Å². The van der Waals surface area contributed by atoms with Gasteiger partial charge in [0.1, 0.15) is 11.6 Å². The number of hydrogen-bond acceptors (Lipinski definition) is 5. The van der Waals surface area contributed by atoms with E-state index in [1.54, 1.807) is 0 Å². The van der Waals surface area contributed by atoms with Gasteiger partial charge in [-0.05, 0) is 44.4 Å². The summed E-state index contributed by atoms with van der Waals surface area (Å²) in [6.07, 6.45) is 5.49. The molecular formula is C33H50N2O4Si2. The second-order valence-electron chi connectivity index (χ2n) is 13.5. The van der Waals surface area contributed by atoms with Crippen molar-refractivity contribution in [2.75, 3.05) is 18.4 Å².